The molecule has 2 N–H and O–H groups in total. The van der Waals surface area contributed by atoms with Gasteiger partial charge in [0.05, 0.1) is 33.1 Å². The first-order valence-electron chi connectivity index (χ1n) is 10.5. The number of hydrogen-bond donors (Lipinski definition) is 2. The van der Waals surface area contributed by atoms with Crippen LogP contribution in [0.25, 0.3) is 0 Å². The highest BCUT2D eigenvalue weighted by molar-refractivity contribution is 5.82. The van der Waals surface area contributed by atoms with Crippen molar-refractivity contribution in [3.63, 3.8) is 0 Å². The fourth-order valence-electron chi connectivity index (χ4n) is 4.31. The van der Waals surface area contributed by atoms with Crippen molar-refractivity contribution in [3.05, 3.63) is 48.0 Å². The number of carbonyl (C=O) groups is 1. The molecular weight excluding hydrogens is 396 g/mol. The Morgan fingerprint density at radius 2 is 1.65 bits per heavy atom. The second kappa shape index (κ2) is 9.45. The number of benzene rings is 2. The summed E-state index contributed by atoms with van der Waals surface area (Å²) in [6.07, 6.45) is 0.661. The number of carbonyl (C=O) groups excluding carboxylic acids is 1. The van der Waals surface area contributed by atoms with Crippen molar-refractivity contribution in [3.8, 4) is 17.2 Å². The molecule has 31 heavy (non-hydrogen) atoms. The molecule has 1 amide bonds. The Labute approximate surface area is 183 Å². The SMILES string of the molecule is COc1ccc(C2CC(C(=O)N3CCN(c4ccccc4OC)CC3)NN2)c(OC)c1. The number of hydrogen-bond acceptors (Lipinski definition) is 7. The highest BCUT2D eigenvalue weighted by Crippen LogP contribution is 2.34. The lowest BCUT2D eigenvalue weighted by Gasteiger charge is -2.37. The van der Waals surface area contributed by atoms with Gasteiger partial charge in [0.2, 0.25) is 5.91 Å². The Balaban J connectivity index is 1.36. The molecule has 0 spiro atoms. The zero-order valence-electron chi connectivity index (χ0n) is 18.3. The molecule has 2 atom stereocenters. The van der Waals surface area contributed by atoms with E-state index in [-0.39, 0.29) is 18.0 Å². The number of piperazine rings is 1. The van der Waals surface area contributed by atoms with Gasteiger partial charge in [-0.1, -0.05) is 18.2 Å². The number of methoxy groups -OCH3 is 3. The molecule has 0 aromatic heterocycles. The third-order valence-corrected chi connectivity index (χ3v) is 6.03. The number of rotatable bonds is 6. The van der Waals surface area contributed by atoms with Crippen molar-refractivity contribution >= 4 is 11.6 Å². The van der Waals surface area contributed by atoms with Crippen LogP contribution in [0.1, 0.15) is 18.0 Å². The van der Waals surface area contributed by atoms with Crippen molar-refractivity contribution in [2.24, 2.45) is 0 Å². The number of para-hydroxylation sites is 2. The van der Waals surface area contributed by atoms with Crippen LogP contribution in [0.4, 0.5) is 5.69 Å². The normalized spacial score (nSPS) is 21.1. The van der Waals surface area contributed by atoms with Crippen molar-refractivity contribution in [1.29, 1.82) is 0 Å². The van der Waals surface area contributed by atoms with E-state index in [1.807, 2.05) is 41.3 Å². The highest BCUT2D eigenvalue weighted by Gasteiger charge is 2.35. The monoisotopic (exact) mass is 426 g/mol. The number of ether oxygens (including phenoxy) is 3. The Bertz CT molecular complexity index is 914. The first kappa shape index (κ1) is 21.3. The molecule has 8 heteroatoms. The zero-order valence-corrected chi connectivity index (χ0v) is 18.3. The van der Waals surface area contributed by atoms with E-state index < -0.39 is 0 Å². The smallest absolute Gasteiger partial charge is 0.241 e. The molecule has 0 saturated carbocycles. The lowest BCUT2D eigenvalue weighted by molar-refractivity contribution is -0.133. The Kier molecular flexibility index (Phi) is 6.48. The van der Waals surface area contributed by atoms with E-state index in [1.165, 1.54) is 0 Å². The first-order valence-corrected chi connectivity index (χ1v) is 10.5. The second-order valence-corrected chi connectivity index (χ2v) is 7.72. The molecule has 2 aromatic rings. The van der Waals surface area contributed by atoms with Crippen LogP contribution in [0.5, 0.6) is 17.2 Å². The van der Waals surface area contributed by atoms with E-state index >= 15 is 0 Å². The fraction of sp³-hybridized carbons (Fsp3) is 0.435. The van der Waals surface area contributed by atoms with E-state index in [0.717, 1.165) is 41.6 Å². The minimum atomic E-state index is -0.269. The van der Waals surface area contributed by atoms with E-state index in [0.29, 0.717) is 19.5 Å². The molecule has 166 valence electrons. The zero-order chi connectivity index (χ0) is 21.8. The standard InChI is InChI=1S/C23H30N4O4/c1-29-16-8-9-17(22(14-16)31-3)18-15-19(25-24-18)23(28)27-12-10-26(11-13-27)20-6-4-5-7-21(20)30-2/h4-9,14,18-19,24-25H,10-13,15H2,1-3H3. The van der Waals surface area contributed by atoms with Gasteiger partial charge in [-0.25, -0.2) is 10.9 Å². The summed E-state index contributed by atoms with van der Waals surface area (Å²) in [4.78, 5) is 17.3. The number of amides is 1. The van der Waals surface area contributed by atoms with Gasteiger partial charge in [-0.05, 0) is 24.6 Å². The number of hydrazine groups is 1. The summed E-state index contributed by atoms with van der Waals surface area (Å²) in [5.41, 5.74) is 8.52. The molecular formula is C23H30N4O4. The molecule has 0 radical (unpaired) electrons. The Morgan fingerprint density at radius 3 is 2.35 bits per heavy atom. The van der Waals surface area contributed by atoms with Gasteiger partial charge in [-0.3, -0.25) is 4.79 Å². The maximum Gasteiger partial charge on any atom is 0.241 e. The van der Waals surface area contributed by atoms with Gasteiger partial charge in [0.25, 0.3) is 0 Å². The molecule has 0 aliphatic carbocycles. The number of anilines is 1. The summed E-state index contributed by atoms with van der Waals surface area (Å²) in [7, 11) is 4.96. The van der Waals surface area contributed by atoms with E-state index in [1.54, 1.807) is 21.3 Å². The molecule has 2 heterocycles. The molecule has 4 rings (SSSR count). The van der Waals surface area contributed by atoms with Gasteiger partial charge in [-0.2, -0.15) is 0 Å². The summed E-state index contributed by atoms with van der Waals surface area (Å²) >= 11 is 0. The lowest BCUT2D eigenvalue weighted by atomic mass is 10.00. The largest absolute Gasteiger partial charge is 0.497 e. The van der Waals surface area contributed by atoms with Gasteiger partial charge in [0.15, 0.2) is 0 Å². The van der Waals surface area contributed by atoms with E-state index in [2.05, 4.69) is 21.8 Å². The highest BCUT2D eigenvalue weighted by atomic mass is 16.5. The van der Waals surface area contributed by atoms with Gasteiger partial charge in [-0.15, -0.1) is 0 Å². The molecule has 2 fully saturated rings. The molecule has 2 saturated heterocycles. The second-order valence-electron chi connectivity index (χ2n) is 7.72. The summed E-state index contributed by atoms with van der Waals surface area (Å²) in [5.74, 6) is 2.48. The van der Waals surface area contributed by atoms with Crippen LogP contribution in [0.2, 0.25) is 0 Å². The minimum absolute atomic E-state index is 0.00956. The first-order chi connectivity index (χ1) is 15.1. The van der Waals surface area contributed by atoms with Crippen LogP contribution >= 0.6 is 0 Å². The van der Waals surface area contributed by atoms with Crippen LogP contribution in [-0.2, 0) is 4.79 Å². The summed E-state index contributed by atoms with van der Waals surface area (Å²) in [5, 5.41) is 0. The van der Waals surface area contributed by atoms with Crippen LogP contribution in [-0.4, -0.2) is 64.4 Å². The van der Waals surface area contributed by atoms with Crippen LogP contribution in [0.15, 0.2) is 42.5 Å². The molecule has 2 unspecified atom stereocenters. The molecule has 0 bridgehead atoms. The van der Waals surface area contributed by atoms with Crippen molar-refractivity contribution in [2.75, 3.05) is 52.4 Å². The predicted octanol–water partition coefficient (Wildman–Crippen LogP) is 1.97. The quantitative estimate of drug-likeness (QED) is 0.732. The van der Waals surface area contributed by atoms with Gasteiger partial charge >= 0.3 is 0 Å². The third kappa shape index (κ3) is 4.40. The minimum Gasteiger partial charge on any atom is -0.497 e. The Hall–Kier alpha value is -2.97. The maximum atomic E-state index is 13.1. The van der Waals surface area contributed by atoms with Crippen LogP contribution in [0.3, 0.4) is 0 Å². The molecule has 2 aliphatic heterocycles. The van der Waals surface area contributed by atoms with Gasteiger partial charge in [0, 0.05) is 37.8 Å². The van der Waals surface area contributed by atoms with Gasteiger partial charge < -0.3 is 24.0 Å². The number of nitrogens with zero attached hydrogens (tertiary/aromatic N) is 2. The molecule has 2 aliphatic rings. The topological polar surface area (TPSA) is 75.3 Å². The number of nitrogens with one attached hydrogen (secondary N) is 2. The predicted molar refractivity (Wildman–Crippen MR) is 119 cm³/mol. The molecule has 8 nitrogen and oxygen atoms in total. The van der Waals surface area contributed by atoms with Crippen molar-refractivity contribution < 1.29 is 19.0 Å². The summed E-state index contributed by atoms with van der Waals surface area (Å²) in [6, 6.07) is 13.5. The van der Waals surface area contributed by atoms with Crippen LogP contribution in [0, 0.1) is 0 Å². The summed E-state index contributed by atoms with van der Waals surface area (Å²) < 4.78 is 16.3. The maximum absolute atomic E-state index is 13.1. The van der Waals surface area contributed by atoms with Crippen molar-refractivity contribution in [1.82, 2.24) is 15.8 Å². The average molecular weight is 427 g/mol. The van der Waals surface area contributed by atoms with E-state index in [4.69, 9.17) is 14.2 Å². The fourth-order valence-corrected chi connectivity index (χ4v) is 4.31. The van der Waals surface area contributed by atoms with E-state index in [9.17, 15) is 4.79 Å². The average Bonchev–Trinajstić information content (AvgIpc) is 3.33. The molecule has 2 aromatic carbocycles. The van der Waals surface area contributed by atoms with Crippen molar-refractivity contribution in [2.45, 2.75) is 18.5 Å². The van der Waals surface area contributed by atoms with Gasteiger partial charge in [0.1, 0.15) is 23.3 Å². The third-order valence-electron chi connectivity index (χ3n) is 6.03. The summed E-state index contributed by atoms with van der Waals surface area (Å²) in [6.45, 7) is 2.93. The lowest BCUT2D eigenvalue weighted by Crippen LogP contribution is -2.53. The Morgan fingerprint density at radius 1 is 0.903 bits per heavy atom. The van der Waals surface area contributed by atoms with Crippen LogP contribution < -0.4 is 30.0 Å².